The van der Waals surface area contributed by atoms with Crippen molar-refractivity contribution < 1.29 is 9.18 Å². The van der Waals surface area contributed by atoms with E-state index in [9.17, 15) is 9.18 Å². The van der Waals surface area contributed by atoms with Gasteiger partial charge in [0.15, 0.2) is 5.82 Å². The number of amides is 2. The molecule has 0 aliphatic heterocycles. The predicted octanol–water partition coefficient (Wildman–Crippen LogP) is 4.54. The lowest BCUT2D eigenvalue weighted by molar-refractivity contribution is 0.250. The molecule has 130 valence electrons. The third kappa shape index (κ3) is 3.96. The van der Waals surface area contributed by atoms with Crippen LogP contribution in [-0.4, -0.2) is 22.8 Å². The molecule has 2 aromatic carbocycles. The number of urea groups is 1. The number of anilines is 1. The van der Waals surface area contributed by atoms with Crippen molar-refractivity contribution in [3.8, 4) is 11.1 Å². The van der Waals surface area contributed by atoms with Crippen LogP contribution in [0, 0.1) is 11.7 Å². The Morgan fingerprint density at radius 3 is 2.80 bits per heavy atom. The Hall–Kier alpha value is -2.89. The summed E-state index contributed by atoms with van der Waals surface area (Å²) in [5.74, 6) is 0.625. The zero-order chi connectivity index (χ0) is 17.8. The molecule has 0 saturated carbocycles. The molecule has 25 heavy (non-hydrogen) atoms. The van der Waals surface area contributed by atoms with Gasteiger partial charge in [-0.25, -0.2) is 9.18 Å². The summed E-state index contributed by atoms with van der Waals surface area (Å²) in [5, 5.41) is 13.5. The molecule has 6 heteroatoms. The SMILES string of the molecule is CCC(C)CNC(=O)Nc1n[nH]c2cc(-c3cccc(F)c3)ccc12. The minimum atomic E-state index is -0.275. The molecular weight excluding hydrogens is 319 g/mol. The molecule has 0 saturated heterocycles. The highest BCUT2D eigenvalue weighted by Crippen LogP contribution is 2.27. The molecule has 0 spiro atoms. The molecule has 1 heterocycles. The van der Waals surface area contributed by atoms with Gasteiger partial charge in [-0.1, -0.05) is 38.5 Å². The van der Waals surface area contributed by atoms with Crippen LogP contribution in [0.25, 0.3) is 22.0 Å². The Bertz CT molecular complexity index is 890. The average molecular weight is 340 g/mol. The molecule has 0 aliphatic rings. The maximum atomic E-state index is 13.4. The molecule has 0 aliphatic carbocycles. The normalized spacial score (nSPS) is 12.1. The van der Waals surface area contributed by atoms with Crippen molar-refractivity contribution in [3.63, 3.8) is 0 Å². The number of nitrogens with zero attached hydrogens (tertiary/aromatic N) is 1. The van der Waals surface area contributed by atoms with Crippen molar-refractivity contribution in [1.82, 2.24) is 15.5 Å². The lowest BCUT2D eigenvalue weighted by atomic mass is 10.0. The van der Waals surface area contributed by atoms with Crippen LogP contribution in [-0.2, 0) is 0 Å². The first kappa shape index (κ1) is 17.0. The summed E-state index contributed by atoms with van der Waals surface area (Å²) < 4.78 is 13.4. The second-order valence-electron chi connectivity index (χ2n) is 6.19. The zero-order valence-electron chi connectivity index (χ0n) is 14.3. The lowest BCUT2D eigenvalue weighted by Crippen LogP contribution is -2.32. The van der Waals surface area contributed by atoms with Gasteiger partial charge in [0.25, 0.3) is 0 Å². The summed E-state index contributed by atoms with van der Waals surface area (Å²) in [6, 6.07) is 11.8. The number of carbonyl (C=O) groups excluding carboxylic acids is 1. The van der Waals surface area contributed by atoms with Crippen LogP contribution in [0.2, 0.25) is 0 Å². The average Bonchev–Trinajstić information content (AvgIpc) is 3.01. The number of rotatable bonds is 5. The van der Waals surface area contributed by atoms with E-state index in [1.54, 1.807) is 6.07 Å². The summed E-state index contributed by atoms with van der Waals surface area (Å²) >= 11 is 0. The molecule has 3 rings (SSSR count). The monoisotopic (exact) mass is 340 g/mol. The van der Waals surface area contributed by atoms with Crippen LogP contribution in [0.3, 0.4) is 0 Å². The Morgan fingerprint density at radius 1 is 1.24 bits per heavy atom. The third-order valence-electron chi connectivity index (χ3n) is 4.26. The fourth-order valence-electron chi connectivity index (χ4n) is 2.53. The van der Waals surface area contributed by atoms with Crippen LogP contribution in [0.4, 0.5) is 15.0 Å². The molecule has 0 bridgehead atoms. The number of hydrogen-bond acceptors (Lipinski definition) is 2. The lowest BCUT2D eigenvalue weighted by Gasteiger charge is -2.10. The van der Waals surface area contributed by atoms with E-state index in [1.165, 1.54) is 12.1 Å². The molecule has 1 unspecified atom stereocenters. The van der Waals surface area contributed by atoms with Gasteiger partial charge < -0.3 is 5.32 Å². The zero-order valence-corrected chi connectivity index (χ0v) is 14.3. The van der Waals surface area contributed by atoms with Crippen molar-refractivity contribution in [2.24, 2.45) is 5.92 Å². The molecule has 0 radical (unpaired) electrons. The number of H-pyrrole nitrogens is 1. The first-order valence-electron chi connectivity index (χ1n) is 8.35. The summed E-state index contributed by atoms with van der Waals surface area (Å²) in [7, 11) is 0. The fourth-order valence-corrected chi connectivity index (χ4v) is 2.53. The first-order chi connectivity index (χ1) is 12.1. The van der Waals surface area contributed by atoms with Crippen LogP contribution in [0.1, 0.15) is 20.3 Å². The van der Waals surface area contributed by atoms with Crippen LogP contribution in [0.5, 0.6) is 0 Å². The standard InChI is InChI=1S/C19H21FN4O/c1-3-12(2)11-21-19(25)22-18-16-8-7-14(10-17(16)23-24-18)13-5-4-6-15(20)9-13/h4-10,12H,3,11H2,1-2H3,(H3,21,22,23,24,25). The van der Waals surface area contributed by atoms with Gasteiger partial charge in [-0.05, 0) is 41.3 Å². The Morgan fingerprint density at radius 2 is 2.04 bits per heavy atom. The van der Waals surface area contributed by atoms with Crippen molar-refractivity contribution in [3.05, 3.63) is 48.3 Å². The maximum absolute atomic E-state index is 13.4. The van der Waals surface area contributed by atoms with Gasteiger partial charge in [0.05, 0.1) is 5.52 Å². The quantitative estimate of drug-likeness (QED) is 0.638. The van der Waals surface area contributed by atoms with E-state index >= 15 is 0 Å². The second kappa shape index (κ2) is 7.34. The third-order valence-corrected chi connectivity index (χ3v) is 4.26. The van der Waals surface area contributed by atoms with Gasteiger partial charge in [0, 0.05) is 11.9 Å². The largest absolute Gasteiger partial charge is 0.338 e. The van der Waals surface area contributed by atoms with Gasteiger partial charge in [0.2, 0.25) is 0 Å². The maximum Gasteiger partial charge on any atom is 0.320 e. The van der Waals surface area contributed by atoms with Crippen molar-refractivity contribution in [2.45, 2.75) is 20.3 Å². The van der Waals surface area contributed by atoms with E-state index in [2.05, 4.69) is 34.7 Å². The van der Waals surface area contributed by atoms with E-state index in [1.807, 2.05) is 24.3 Å². The van der Waals surface area contributed by atoms with E-state index in [0.717, 1.165) is 28.5 Å². The molecule has 1 aromatic heterocycles. The van der Waals surface area contributed by atoms with E-state index in [4.69, 9.17) is 0 Å². The molecular formula is C19H21FN4O. The number of benzene rings is 2. The summed E-state index contributed by atoms with van der Waals surface area (Å²) in [5.41, 5.74) is 2.44. The van der Waals surface area contributed by atoms with Gasteiger partial charge in [-0.15, -0.1) is 0 Å². The smallest absolute Gasteiger partial charge is 0.320 e. The highest BCUT2D eigenvalue weighted by Gasteiger charge is 2.11. The number of halogens is 1. The molecule has 3 N–H and O–H groups in total. The number of hydrogen-bond donors (Lipinski definition) is 3. The molecule has 1 atom stereocenters. The van der Waals surface area contributed by atoms with Crippen molar-refractivity contribution in [2.75, 3.05) is 11.9 Å². The summed E-state index contributed by atoms with van der Waals surface area (Å²) in [4.78, 5) is 12.0. The number of carbonyl (C=O) groups is 1. The molecule has 5 nitrogen and oxygen atoms in total. The summed E-state index contributed by atoms with van der Waals surface area (Å²) in [6.07, 6.45) is 1.01. The number of nitrogens with one attached hydrogen (secondary N) is 3. The second-order valence-corrected chi connectivity index (χ2v) is 6.19. The molecule has 0 fully saturated rings. The Kier molecular flexibility index (Phi) is 4.97. The molecule has 2 amide bonds. The van der Waals surface area contributed by atoms with Crippen molar-refractivity contribution in [1.29, 1.82) is 0 Å². The van der Waals surface area contributed by atoms with Crippen LogP contribution in [0.15, 0.2) is 42.5 Å². The summed E-state index contributed by atoms with van der Waals surface area (Å²) in [6.45, 7) is 4.79. The Labute approximate surface area is 145 Å². The van der Waals surface area contributed by atoms with Crippen LogP contribution >= 0.6 is 0 Å². The minimum absolute atomic E-state index is 0.275. The van der Waals surface area contributed by atoms with E-state index in [0.29, 0.717) is 18.3 Å². The number of fused-ring (bicyclic) bond motifs is 1. The van der Waals surface area contributed by atoms with Gasteiger partial charge in [-0.2, -0.15) is 5.10 Å². The predicted molar refractivity (Wildman–Crippen MR) is 98.0 cm³/mol. The van der Waals surface area contributed by atoms with Crippen LogP contribution < -0.4 is 10.6 Å². The fraction of sp³-hybridized carbons (Fsp3) is 0.263. The first-order valence-corrected chi connectivity index (χ1v) is 8.35. The van der Waals surface area contributed by atoms with Gasteiger partial charge >= 0.3 is 6.03 Å². The highest BCUT2D eigenvalue weighted by molar-refractivity contribution is 6.00. The number of aromatic amines is 1. The highest BCUT2D eigenvalue weighted by atomic mass is 19.1. The minimum Gasteiger partial charge on any atom is -0.338 e. The van der Waals surface area contributed by atoms with E-state index < -0.39 is 0 Å². The van der Waals surface area contributed by atoms with Gasteiger partial charge in [0.1, 0.15) is 5.82 Å². The van der Waals surface area contributed by atoms with E-state index in [-0.39, 0.29) is 11.8 Å². The van der Waals surface area contributed by atoms with Crippen molar-refractivity contribution >= 4 is 22.8 Å². The topological polar surface area (TPSA) is 69.8 Å². The Balaban J connectivity index is 1.77. The number of aromatic nitrogens is 2. The van der Waals surface area contributed by atoms with Gasteiger partial charge in [-0.3, -0.25) is 10.4 Å². The molecule has 3 aromatic rings.